The second-order valence-corrected chi connectivity index (χ2v) is 10.9. The van der Waals surface area contributed by atoms with Crippen LogP contribution >= 0.6 is 0 Å². The van der Waals surface area contributed by atoms with Gasteiger partial charge in [-0.2, -0.15) is 0 Å². The van der Waals surface area contributed by atoms with Gasteiger partial charge in [0.05, 0.1) is 18.8 Å². The average Bonchev–Trinajstić information content (AvgIpc) is 3.12. The third-order valence-electron chi connectivity index (χ3n) is 7.25. The second kappa shape index (κ2) is 26.3. The number of unbranched alkanes of at least 4 members (excludes halogenated alkanes) is 9. The molecule has 0 radical (unpaired) electrons. The molecule has 6 heteroatoms. The highest BCUT2D eigenvalue weighted by Crippen LogP contribution is 2.24. The zero-order valence-electron chi connectivity index (χ0n) is 30.1. The van der Waals surface area contributed by atoms with Crippen molar-refractivity contribution < 1.29 is 28.5 Å². The predicted octanol–water partition coefficient (Wildman–Crippen LogP) is 11.6. The summed E-state index contributed by atoms with van der Waals surface area (Å²) in [5.74, 6) is 0.900. The molecule has 0 fully saturated rings. The third-order valence-corrected chi connectivity index (χ3v) is 7.25. The Hall–Kier alpha value is -3.80. The van der Waals surface area contributed by atoms with Crippen LogP contribution in [0.25, 0.3) is 11.1 Å². The molecule has 0 bridgehead atoms. The molecule has 0 spiro atoms. The Balaban J connectivity index is 0.00000265. The van der Waals surface area contributed by atoms with Gasteiger partial charge in [-0.05, 0) is 79.4 Å². The zero-order chi connectivity index (χ0) is 34.7. The first kappa shape index (κ1) is 41.2. The highest BCUT2D eigenvalue weighted by molar-refractivity contribution is 5.91. The van der Waals surface area contributed by atoms with E-state index < -0.39 is 18.0 Å². The molecule has 0 aliphatic rings. The maximum atomic E-state index is 12.7. The van der Waals surface area contributed by atoms with Gasteiger partial charge in [-0.1, -0.05) is 124 Å². The van der Waals surface area contributed by atoms with Crippen LogP contribution < -0.4 is 14.2 Å². The lowest BCUT2D eigenvalue weighted by Gasteiger charge is -2.14. The molecule has 1 unspecified atom stereocenters. The highest BCUT2D eigenvalue weighted by atomic mass is 16.6. The molecular formula is C41H60O6. The molecule has 260 valence electrons. The number of hydrogen-bond donors (Lipinski definition) is 0. The fourth-order valence-electron chi connectivity index (χ4n) is 4.58. The minimum absolute atomic E-state index is 0.387. The van der Waals surface area contributed by atoms with Crippen molar-refractivity contribution in [2.45, 2.75) is 125 Å². The standard InChI is InChI=1S/C37H48O6.2C2H6/c1-4-6-8-9-10-11-12-13-14-28-40-33-21-19-31(20-22-33)30-15-17-32(18-16-30)37(39)43-35-25-23-34(24-26-35)42-29(3)36(38)41-27-7-5-2;2*1-2/h15-26,29H,4-14,27-28H2,1-3H3;2*1-2H3. The first-order valence-corrected chi connectivity index (χ1v) is 18.0. The van der Waals surface area contributed by atoms with Gasteiger partial charge in [0.1, 0.15) is 17.2 Å². The fraction of sp³-hybridized carbons (Fsp3) is 0.512. The number of ether oxygens (including phenoxy) is 4. The number of hydrogen-bond acceptors (Lipinski definition) is 6. The van der Waals surface area contributed by atoms with Crippen LogP contribution in [-0.2, 0) is 9.53 Å². The van der Waals surface area contributed by atoms with E-state index in [1.54, 1.807) is 43.3 Å². The first-order chi connectivity index (χ1) is 23.0. The molecule has 0 amide bonds. The van der Waals surface area contributed by atoms with Crippen molar-refractivity contribution in [1.82, 2.24) is 0 Å². The summed E-state index contributed by atoms with van der Waals surface area (Å²) in [5.41, 5.74) is 2.51. The van der Waals surface area contributed by atoms with Crippen LogP contribution in [0.5, 0.6) is 17.2 Å². The molecule has 3 rings (SSSR count). The van der Waals surface area contributed by atoms with Crippen molar-refractivity contribution in [3.63, 3.8) is 0 Å². The monoisotopic (exact) mass is 648 g/mol. The Morgan fingerprint density at radius 2 is 1.02 bits per heavy atom. The Labute approximate surface area is 285 Å². The van der Waals surface area contributed by atoms with Crippen molar-refractivity contribution in [3.05, 3.63) is 78.4 Å². The van der Waals surface area contributed by atoms with E-state index in [-0.39, 0.29) is 0 Å². The summed E-state index contributed by atoms with van der Waals surface area (Å²) < 4.78 is 22.3. The van der Waals surface area contributed by atoms with Crippen LogP contribution in [0.15, 0.2) is 72.8 Å². The van der Waals surface area contributed by atoms with Gasteiger partial charge in [-0.15, -0.1) is 0 Å². The number of esters is 2. The van der Waals surface area contributed by atoms with E-state index in [2.05, 4.69) is 6.92 Å². The van der Waals surface area contributed by atoms with Crippen LogP contribution in [0.4, 0.5) is 0 Å². The maximum Gasteiger partial charge on any atom is 0.347 e. The van der Waals surface area contributed by atoms with Gasteiger partial charge in [-0.25, -0.2) is 9.59 Å². The second-order valence-electron chi connectivity index (χ2n) is 10.9. The van der Waals surface area contributed by atoms with E-state index >= 15 is 0 Å². The lowest BCUT2D eigenvalue weighted by Crippen LogP contribution is -2.26. The van der Waals surface area contributed by atoms with Crippen LogP contribution in [-0.4, -0.2) is 31.3 Å². The van der Waals surface area contributed by atoms with Crippen molar-refractivity contribution in [3.8, 4) is 28.4 Å². The van der Waals surface area contributed by atoms with Crippen molar-refractivity contribution in [2.75, 3.05) is 13.2 Å². The molecule has 6 nitrogen and oxygen atoms in total. The zero-order valence-corrected chi connectivity index (χ0v) is 30.1. The molecular weight excluding hydrogens is 588 g/mol. The van der Waals surface area contributed by atoms with E-state index in [9.17, 15) is 9.59 Å². The van der Waals surface area contributed by atoms with E-state index in [4.69, 9.17) is 18.9 Å². The Kier molecular flexibility index (Phi) is 23.1. The maximum absolute atomic E-state index is 12.7. The molecule has 3 aromatic rings. The average molecular weight is 649 g/mol. The molecule has 47 heavy (non-hydrogen) atoms. The quantitative estimate of drug-likeness (QED) is 0.0689. The smallest absolute Gasteiger partial charge is 0.347 e. The van der Waals surface area contributed by atoms with Crippen molar-refractivity contribution in [2.24, 2.45) is 0 Å². The summed E-state index contributed by atoms with van der Waals surface area (Å²) in [6, 6.07) is 22.0. The van der Waals surface area contributed by atoms with Gasteiger partial charge in [0.25, 0.3) is 0 Å². The molecule has 0 aliphatic heterocycles. The SMILES string of the molecule is CC.CC.CCCCCCCCCCCOc1ccc(-c2ccc(C(=O)Oc3ccc(OC(C)C(=O)OCCCC)cc3)cc2)cc1. The molecule has 0 aliphatic carbocycles. The van der Waals surface area contributed by atoms with E-state index in [0.717, 1.165) is 42.7 Å². The van der Waals surface area contributed by atoms with E-state index in [1.165, 1.54) is 51.4 Å². The predicted molar refractivity (Wildman–Crippen MR) is 195 cm³/mol. The van der Waals surface area contributed by atoms with E-state index in [0.29, 0.717) is 23.7 Å². The molecule has 0 aromatic heterocycles. The topological polar surface area (TPSA) is 71.1 Å². The lowest BCUT2D eigenvalue weighted by molar-refractivity contribution is -0.151. The van der Waals surface area contributed by atoms with Gasteiger partial charge in [-0.3, -0.25) is 0 Å². The van der Waals surface area contributed by atoms with Crippen molar-refractivity contribution >= 4 is 11.9 Å². The summed E-state index contributed by atoms with van der Waals surface area (Å²) in [7, 11) is 0. The molecule has 1 atom stereocenters. The van der Waals surface area contributed by atoms with Gasteiger partial charge in [0, 0.05) is 0 Å². The Bertz CT molecular complexity index is 1200. The number of rotatable bonds is 20. The molecule has 0 N–H and O–H groups in total. The largest absolute Gasteiger partial charge is 0.494 e. The molecule has 0 saturated heterocycles. The lowest BCUT2D eigenvalue weighted by atomic mass is 10.0. The first-order valence-electron chi connectivity index (χ1n) is 18.0. The summed E-state index contributed by atoms with van der Waals surface area (Å²) in [4.78, 5) is 24.7. The molecule has 0 heterocycles. The summed E-state index contributed by atoms with van der Waals surface area (Å²) in [6.07, 6.45) is 12.7. The van der Waals surface area contributed by atoms with Crippen molar-refractivity contribution in [1.29, 1.82) is 0 Å². The Morgan fingerprint density at radius 3 is 1.57 bits per heavy atom. The Morgan fingerprint density at radius 1 is 0.553 bits per heavy atom. The number of benzene rings is 3. The van der Waals surface area contributed by atoms with E-state index in [1.807, 2.05) is 71.0 Å². The van der Waals surface area contributed by atoms with Crippen LogP contribution in [0.2, 0.25) is 0 Å². The highest BCUT2D eigenvalue weighted by Gasteiger charge is 2.16. The van der Waals surface area contributed by atoms with Gasteiger partial charge < -0.3 is 18.9 Å². The van der Waals surface area contributed by atoms with Gasteiger partial charge in [0.2, 0.25) is 0 Å². The molecule has 0 saturated carbocycles. The summed E-state index contributed by atoms with van der Waals surface area (Å²) in [6.45, 7) is 15.1. The van der Waals surface area contributed by atoms with Gasteiger partial charge in [0.15, 0.2) is 6.10 Å². The normalized spacial score (nSPS) is 10.8. The number of carbonyl (C=O) groups excluding carboxylic acids is 2. The molecule has 3 aromatic carbocycles. The third kappa shape index (κ3) is 17.1. The fourth-order valence-corrected chi connectivity index (χ4v) is 4.58. The number of carbonyl (C=O) groups is 2. The van der Waals surface area contributed by atoms with Gasteiger partial charge >= 0.3 is 11.9 Å². The van der Waals surface area contributed by atoms with Crippen LogP contribution in [0, 0.1) is 0 Å². The minimum Gasteiger partial charge on any atom is -0.494 e. The summed E-state index contributed by atoms with van der Waals surface area (Å²) >= 11 is 0. The van der Waals surface area contributed by atoms with Crippen LogP contribution in [0.1, 0.15) is 129 Å². The van der Waals surface area contributed by atoms with Crippen LogP contribution in [0.3, 0.4) is 0 Å². The summed E-state index contributed by atoms with van der Waals surface area (Å²) in [5, 5.41) is 0. The minimum atomic E-state index is -0.725.